The topological polar surface area (TPSA) is 69.7 Å². The van der Waals surface area contributed by atoms with Crippen LogP contribution in [0, 0.1) is 0 Å². The molecule has 7 heteroatoms. The minimum atomic E-state index is -3.51. The molecule has 0 aliphatic carbocycles. The van der Waals surface area contributed by atoms with Crippen LogP contribution in [0.1, 0.15) is 32.3 Å². The van der Waals surface area contributed by atoms with Gasteiger partial charge in [-0.1, -0.05) is 0 Å². The third kappa shape index (κ3) is 2.96. The van der Waals surface area contributed by atoms with E-state index in [-0.39, 0.29) is 18.0 Å². The molecule has 2 aliphatic rings. The zero-order valence-electron chi connectivity index (χ0n) is 14.4. The highest BCUT2D eigenvalue weighted by atomic mass is 32.2. The third-order valence-corrected chi connectivity index (χ3v) is 7.01. The number of sulfonamides is 1. The fourth-order valence-corrected chi connectivity index (χ4v) is 5.25. The van der Waals surface area contributed by atoms with Crippen molar-refractivity contribution in [2.45, 2.75) is 50.1 Å². The van der Waals surface area contributed by atoms with Gasteiger partial charge in [-0.05, 0) is 63.0 Å². The standard InChI is InChI=1S/C17H25N3O3S/c1-12-10-14-11-16(4-5-17(14)20(12)13(2)21)24(22,23)19(3)15-6-8-18-9-7-15/h4-5,11-12,15,18H,6-10H2,1-3H3. The molecule has 1 aromatic rings. The molecule has 1 amide bonds. The van der Waals surface area contributed by atoms with Crippen LogP contribution in [0.5, 0.6) is 0 Å². The van der Waals surface area contributed by atoms with Gasteiger partial charge >= 0.3 is 0 Å². The van der Waals surface area contributed by atoms with Gasteiger partial charge in [0, 0.05) is 31.7 Å². The molecule has 1 saturated heterocycles. The Morgan fingerprint density at radius 3 is 2.58 bits per heavy atom. The van der Waals surface area contributed by atoms with Crippen LogP contribution in [0.25, 0.3) is 0 Å². The van der Waals surface area contributed by atoms with Gasteiger partial charge in [0.25, 0.3) is 0 Å². The minimum absolute atomic E-state index is 0.0105. The fraction of sp³-hybridized carbons (Fsp3) is 0.588. The lowest BCUT2D eigenvalue weighted by molar-refractivity contribution is -0.116. The molecule has 0 aromatic heterocycles. The lowest BCUT2D eigenvalue weighted by atomic mass is 10.1. The van der Waals surface area contributed by atoms with Crippen LogP contribution in [-0.2, 0) is 21.2 Å². The maximum atomic E-state index is 13.0. The van der Waals surface area contributed by atoms with Crippen LogP contribution >= 0.6 is 0 Å². The molecule has 0 saturated carbocycles. The summed E-state index contributed by atoms with van der Waals surface area (Å²) in [6.45, 7) is 5.22. The predicted octanol–water partition coefficient (Wildman–Crippen LogP) is 1.36. The number of benzene rings is 1. The normalized spacial score (nSPS) is 22.0. The van der Waals surface area contributed by atoms with Gasteiger partial charge in [0.05, 0.1) is 4.90 Å². The number of amides is 1. The van der Waals surface area contributed by atoms with Gasteiger partial charge in [-0.25, -0.2) is 8.42 Å². The first-order chi connectivity index (χ1) is 11.3. The van der Waals surface area contributed by atoms with Gasteiger partial charge in [0.2, 0.25) is 15.9 Å². The molecule has 3 rings (SSSR count). The number of nitrogens with one attached hydrogen (secondary N) is 1. The van der Waals surface area contributed by atoms with E-state index in [0.29, 0.717) is 11.3 Å². The first-order valence-corrected chi connectivity index (χ1v) is 9.88. The van der Waals surface area contributed by atoms with Crippen molar-refractivity contribution in [1.29, 1.82) is 0 Å². The first kappa shape index (κ1) is 17.4. The Morgan fingerprint density at radius 2 is 1.96 bits per heavy atom. The Bertz CT molecular complexity index is 741. The van der Waals surface area contributed by atoms with E-state index in [1.165, 1.54) is 4.31 Å². The second-order valence-electron chi connectivity index (χ2n) is 6.74. The van der Waals surface area contributed by atoms with Crippen molar-refractivity contribution in [3.8, 4) is 0 Å². The SMILES string of the molecule is CC(=O)N1c2ccc(S(=O)(=O)N(C)C3CCNCC3)cc2CC1C. The largest absolute Gasteiger partial charge is 0.317 e. The number of hydrogen-bond acceptors (Lipinski definition) is 4. The van der Waals surface area contributed by atoms with E-state index >= 15 is 0 Å². The summed E-state index contributed by atoms with van der Waals surface area (Å²) in [6, 6.07) is 5.24. The summed E-state index contributed by atoms with van der Waals surface area (Å²) in [5.41, 5.74) is 1.76. The number of carbonyl (C=O) groups is 1. The highest BCUT2D eigenvalue weighted by Gasteiger charge is 2.33. The van der Waals surface area contributed by atoms with E-state index in [1.807, 2.05) is 6.92 Å². The van der Waals surface area contributed by atoms with Crippen LogP contribution in [0.3, 0.4) is 0 Å². The van der Waals surface area contributed by atoms with E-state index in [1.54, 1.807) is 37.1 Å². The second kappa shape index (κ2) is 6.46. The van der Waals surface area contributed by atoms with Crippen molar-refractivity contribution in [1.82, 2.24) is 9.62 Å². The monoisotopic (exact) mass is 351 g/mol. The first-order valence-electron chi connectivity index (χ1n) is 8.44. The molecule has 24 heavy (non-hydrogen) atoms. The molecule has 0 bridgehead atoms. The van der Waals surface area contributed by atoms with Gasteiger partial charge in [0.1, 0.15) is 0 Å². The molecule has 1 atom stereocenters. The molecule has 1 unspecified atom stereocenters. The average molecular weight is 351 g/mol. The van der Waals surface area contributed by atoms with Gasteiger partial charge in [-0.15, -0.1) is 0 Å². The van der Waals surface area contributed by atoms with Crippen molar-refractivity contribution in [3.63, 3.8) is 0 Å². The molecule has 2 heterocycles. The van der Waals surface area contributed by atoms with Crippen LogP contribution in [0.4, 0.5) is 5.69 Å². The van der Waals surface area contributed by atoms with Crippen molar-refractivity contribution in [2.24, 2.45) is 0 Å². The smallest absolute Gasteiger partial charge is 0.243 e. The molecule has 1 aromatic carbocycles. The second-order valence-corrected chi connectivity index (χ2v) is 8.73. The van der Waals surface area contributed by atoms with Crippen LogP contribution in [-0.4, -0.2) is 50.9 Å². The van der Waals surface area contributed by atoms with Crippen molar-refractivity contribution in [2.75, 3.05) is 25.0 Å². The lowest BCUT2D eigenvalue weighted by Gasteiger charge is -2.31. The molecular formula is C17H25N3O3S. The Morgan fingerprint density at radius 1 is 1.29 bits per heavy atom. The molecule has 0 spiro atoms. The molecule has 2 aliphatic heterocycles. The van der Waals surface area contributed by atoms with Crippen molar-refractivity contribution < 1.29 is 13.2 Å². The van der Waals surface area contributed by atoms with Crippen LogP contribution in [0.15, 0.2) is 23.1 Å². The summed E-state index contributed by atoms with van der Waals surface area (Å²) in [7, 11) is -1.84. The molecule has 1 N–H and O–H groups in total. The summed E-state index contributed by atoms with van der Waals surface area (Å²) >= 11 is 0. The van der Waals surface area contributed by atoms with E-state index in [0.717, 1.165) is 37.2 Å². The number of piperidine rings is 1. The van der Waals surface area contributed by atoms with E-state index in [4.69, 9.17) is 0 Å². The maximum Gasteiger partial charge on any atom is 0.243 e. The highest BCUT2D eigenvalue weighted by molar-refractivity contribution is 7.89. The Balaban J connectivity index is 1.90. The third-order valence-electron chi connectivity index (χ3n) is 5.11. The molecular weight excluding hydrogens is 326 g/mol. The van der Waals surface area contributed by atoms with Gasteiger partial charge in [-0.2, -0.15) is 4.31 Å². The molecule has 132 valence electrons. The zero-order valence-corrected chi connectivity index (χ0v) is 15.3. The number of hydrogen-bond donors (Lipinski definition) is 1. The summed E-state index contributed by atoms with van der Waals surface area (Å²) in [4.78, 5) is 13.9. The zero-order chi connectivity index (χ0) is 17.5. The van der Waals surface area contributed by atoms with E-state index in [9.17, 15) is 13.2 Å². The summed E-state index contributed by atoms with van der Waals surface area (Å²) in [5.74, 6) is -0.0105. The van der Waals surface area contributed by atoms with E-state index in [2.05, 4.69) is 5.32 Å². The van der Waals surface area contributed by atoms with Crippen molar-refractivity contribution >= 4 is 21.6 Å². The van der Waals surface area contributed by atoms with Crippen LogP contribution in [0.2, 0.25) is 0 Å². The number of rotatable bonds is 3. The maximum absolute atomic E-state index is 13.0. The van der Waals surface area contributed by atoms with Gasteiger partial charge in [-0.3, -0.25) is 4.79 Å². The summed E-state index contributed by atoms with van der Waals surface area (Å²) in [5, 5.41) is 3.26. The van der Waals surface area contributed by atoms with Crippen molar-refractivity contribution in [3.05, 3.63) is 23.8 Å². The number of fused-ring (bicyclic) bond motifs is 1. The van der Waals surface area contributed by atoms with E-state index < -0.39 is 10.0 Å². The quantitative estimate of drug-likeness (QED) is 0.893. The fourth-order valence-electron chi connectivity index (χ4n) is 3.78. The highest BCUT2D eigenvalue weighted by Crippen LogP contribution is 2.34. The van der Waals surface area contributed by atoms with Crippen LogP contribution < -0.4 is 10.2 Å². The molecule has 6 nitrogen and oxygen atoms in total. The summed E-state index contributed by atoms with van der Waals surface area (Å²) < 4.78 is 27.4. The average Bonchev–Trinajstić information content (AvgIpc) is 2.89. The number of nitrogens with zero attached hydrogens (tertiary/aromatic N) is 2. The van der Waals surface area contributed by atoms with Gasteiger partial charge in [0.15, 0.2) is 0 Å². The Labute approximate surface area is 143 Å². The molecule has 1 fully saturated rings. The number of carbonyl (C=O) groups excluding carboxylic acids is 1. The molecule has 0 radical (unpaired) electrons. The Kier molecular flexibility index (Phi) is 4.68. The Hall–Kier alpha value is -1.44. The lowest BCUT2D eigenvalue weighted by Crippen LogP contribution is -2.43. The number of anilines is 1. The van der Waals surface area contributed by atoms with Gasteiger partial charge < -0.3 is 10.2 Å². The summed E-state index contributed by atoms with van der Waals surface area (Å²) in [6.07, 6.45) is 2.35. The minimum Gasteiger partial charge on any atom is -0.317 e. The predicted molar refractivity (Wildman–Crippen MR) is 93.6 cm³/mol.